The van der Waals surface area contributed by atoms with Crippen LogP contribution in [0.1, 0.15) is 38.5 Å². The average molecular weight is 317 g/mol. The Kier molecular flexibility index (Phi) is 4.85. The summed E-state index contributed by atoms with van der Waals surface area (Å²) in [5.41, 5.74) is 5.74. The smallest absolute Gasteiger partial charge is 0.282 e. The second kappa shape index (κ2) is 6.50. The van der Waals surface area contributed by atoms with E-state index < -0.39 is 10.2 Å². The SMILES string of the molecule is NCC1CCCN(S(=O)(=O)N2CCOC3CCCCC32)C1. The Hall–Kier alpha value is -0.210. The number of ether oxygens (including phenoxy) is 1. The highest BCUT2D eigenvalue weighted by atomic mass is 32.2. The maximum absolute atomic E-state index is 13.0. The number of rotatable bonds is 3. The summed E-state index contributed by atoms with van der Waals surface area (Å²) in [5.74, 6) is 0.303. The quantitative estimate of drug-likeness (QED) is 0.824. The van der Waals surface area contributed by atoms with Crippen molar-refractivity contribution in [3.63, 3.8) is 0 Å². The molecule has 3 rings (SSSR count). The highest BCUT2D eigenvalue weighted by molar-refractivity contribution is 7.86. The van der Waals surface area contributed by atoms with Gasteiger partial charge in [0.05, 0.1) is 18.8 Å². The topological polar surface area (TPSA) is 75.9 Å². The van der Waals surface area contributed by atoms with E-state index in [1.54, 1.807) is 8.61 Å². The number of piperidine rings is 1. The van der Waals surface area contributed by atoms with E-state index >= 15 is 0 Å². The molecular formula is C14H27N3O3S. The molecule has 0 aromatic carbocycles. The van der Waals surface area contributed by atoms with Crippen LogP contribution in [0.15, 0.2) is 0 Å². The van der Waals surface area contributed by atoms with Gasteiger partial charge in [-0.15, -0.1) is 0 Å². The van der Waals surface area contributed by atoms with Gasteiger partial charge in [0.2, 0.25) is 0 Å². The maximum Gasteiger partial charge on any atom is 0.282 e. The highest BCUT2D eigenvalue weighted by Gasteiger charge is 2.43. The summed E-state index contributed by atoms with van der Waals surface area (Å²) >= 11 is 0. The van der Waals surface area contributed by atoms with Crippen LogP contribution in [0.4, 0.5) is 0 Å². The van der Waals surface area contributed by atoms with Crippen molar-refractivity contribution in [3.8, 4) is 0 Å². The van der Waals surface area contributed by atoms with Gasteiger partial charge in [0, 0.05) is 19.6 Å². The van der Waals surface area contributed by atoms with Crippen LogP contribution in [0.3, 0.4) is 0 Å². The molecule has 0 aromatic rings. The molecule has 2 N–H and O–H groups in total. The Labute approximate surface area is 127 Å². The summed E-state index contributed by atoms with van der Waals surface area (Å²) in [5, 5.41) is 0. The van der Waals surface area contributed by atoms with Gasteiger partial charge in [0.15, 0.2) is 0 Å². The van der Waals surface area contributed by atoms with Crippen molar-refractivity contribution >= 4 is 10.2 Å². The minimum absolute atomic E-state index is 0.0377. The van der Waals surface area contributed by atoms with Crippen LogP contribution in [0.5, 0.6) is 0 Å². The van der Waals surface area contributed by atoms with E-state index in [0.717, 1.165) is 38.5 Å². The van der Waals surface area contributed by atoms with Gasteiger partial charge >= 0.3 is 0 Å². The third-order valence-electron chi connectivity index (χ3n) is 5.12. The summed E-state index contributed by atoms with van der Waals surface area (Å²) in [6.07, 6.45) is 6.21. The van der Waals surface area contributed by atoms with Crippen molar-refractivity contribution in [2.45, 2.75) is 50.7 Å². The Bertz CT molecular complexity index is 454. The maximum atomic E-state index is 13.0. The number of hydrogen-bond donors (Lipinski definition) is 1. The van der Waals surface area contributed by atoms with Crippen LogP contribution < -0.4 is 5.73 Å². The second-order valence-corrected chi connectivity index (χ2v) is 8.36. The fraction of sp³-hybridized carbons (Fsp3) is 1.00. The van der Waals surface area contributed by atoms with Gasteiger partial charge in [-0.3, -0.25) is 0 Å². The van der Waals surface area contributed by atoms with Gasteiger partial charge in [-0.1, -0.05) is 12.8 Å². The van der Waals surface area contributed by atoms with Crippen LogP contribution in [0, 0.1) is 5.92 Å². The molecule has 1 aliphatic carbocycles. The summed E-state index contributed by atoms with van der Waals surface area (Å²) in [6.45, 7) is 2.80. The summed E-state index contributed by atoms with van der Waals surface area (Å²) in [6, 6.07) is 0.0377. The lowest BCUT2D eigenvalue weighted by atomic mass is 9.91. The molecule has 3 fully saturated rings. The number of nitrogens with zero attached hydrogens (tertiary/aromatic N) is 2. The van der Waals surface area contributed by atoms with Crippen molar-refractivity contribution in [2.24, 2.45) is 11.7 Å². The van der Waals surface area contributed by atoms with E-state index in [2.05, 4.69) is 0 Å². The fourth-order valence-corrected chi connectivity index (χ4v) is 5.87. The Morgan fingerprint density at radius 3 is 2.71 bits per heavy atom. The number of nitrogens with two attached hydrogens (primary N) is 1. The molecule has 6 nitrogen and oxygen atoms in total. The molecule has 0 aromatic heterocycles. The predicted octanol–water partition coefficient (Wildman–Crippen LogP) is 0.545. The molecule has 7 heteroatoms. The summed E-state index contributed by atoms with van der Waals surface area (Å²) in [7, 11) is -3.37. The predicted molar refractivity (Wildman–Crippen MR) is 81.0 cm³/mol. The van der Waals surface area contributed by atoms with Crippen LogP contribution >= 0.6 is 0 Å². The largest absolute Gasteiger partial charge is 0.375 e. The normalized spacial score (nSPS) is 36.3. The molecule has 0 spiro atoms. The van der Waals surface area contributed by atoms with Crippen molar-refractivity contribution in [3.05, 3.63) is 0 Å². The third kappa shape index (κ3) is 3.12. The van der Waals surface area contributed by atoms with Crippen molar-refractivity contribution in [1.82, 2.24) is 8.61 Å². The van der Waals surface area contributed by atoms with Crippen molar-refractivity contribution in [1.29, 1.82) is 0 Å². The lowest BCUT2D eigenvalue weighted by molar-refractivity contribution is -0.0605. The average Bonchev–Trinajstić information content (AvgIpc) is 2.54. The first kappa shape index (κ1) is 15.7. The Morgan fingerprint density at radius 2 is 1.90 bits per heavy atom. The molecule has 0 radical (unpaired) electrons. The summed E-state index contributed by atoms with van der Waals surface area (Å²) < 4.78 is 35.2. The molecule has 3 aliphatic rings. The van der Waals surface area contributed by atoms with Gasteiger partial charge in [-0.05, 0) is 38.1 Å². The van der Waals surface area contributed by atoms with Crippen molar-refractivity contribution in [2.75, 3.05) is 32.8 Å². The molecule has 2 heterocycles. The van der Waals surface area contributed by atoms with Gasteiger partial charge < -0.3 is 10.5 Å². The molecule has 2 saturated heterocycles. The van der Waals surface area contributed by atoms with E-state index in [0.29, 0.717) is 38.7 Å². The first-order chi connectivity index (χ1) is 10.1. The van der Waals surface area contributed by atoms with E-state index in [1.807, 2.05) is 0 Å². The first-order valence-electron chi connectivity index (χ1n) is 8.21. The minimum atomic E-state index is -3.37. The van der Waals surface area contributed by atoms with Gasteiger partial charge in [0.25, 0.3) is 10.2 Å². The lowest BCUT2D eigenvalue weighted by Gasteiger charge is -2.45. The summed E-state index contributed by atoms with van der Waals surface area (Å²) in [4.78, 5) is 0. The van der Waals surface area contributed by atoms with Crippen LogP contribution in [0.2, 0.25) is 0 Å². The minimum Gasteiger partial charge on any atom is -0.375 e. The molecule has 3 atom stereocenters. The molecule has 1 saturated carbocycles. The zero-order chi connectivity index (χ0) is 14.9. The van der Waals surface area contributed by atoms with E-state index in [4.69, 9.17) is 10.5 Å². The monoisotopic (exact) mass is 317 g/mol. The lowest BCUT2D eigenvalue weighted by Crippen LogP contribution is -2.59. The van der Waals surface area contributed by atoms with E-state index in [9.17, 15) is 8.42 Å². The fourth-order valence-electron chi connectivity index (χ4n) is 3.92. The van der Waals surface area contributed by atoms with Gasteiger partial charge in [-0.2, -0.15) is 17.0 Å². The van der Waals surface area contributed by atoms with Crippen molar-refractivity contribution < 1.29 is 13.2 Å². The Balaban J connectivity index is 1.76. The Morgan fingerprint density at radius 1 is 1.10 bits per heavy atom. The van der Waals surface area contributed by atoms with Crippen LogP contribution in [-0.4, -0.2) is 62.0 Å². The first-order valence-corrected chi connectivity index (χ1v) is 9.61. The van der Waals surface area contributed by atoms with Crippen LogP contribution in [-0.2, 0) is 14.9 Å². The molecule has 2 aliphatic heterocycles. The zero-order valence-corrected chi connectivity index (χ0v) is 13.4. The highest BCUT2D eigenvalue weighted by Crippen LogP contribution is 2.32. The third-order valence-corrected chi connectivity index (χ3v) is 7.15. The van der Waals surface area contributed by atoms with Gasteiger partial charge in [-0.25, -0.2) is 0 Å². The molecule has 0 bridgehead atoms. The van der Waals surface area contributed by atoms with E-state index in [1.165, 1.54) is 0 Å². The number of morpholine rings is 1. The second-order valence-electron chi connectivity index (χ2n) is 6.48. The molecule has 0 amide bonds. The van der Waals surface area contributed by atoms with Crippen LogP contribution in [0.25, 0.3) is 0 Å². The van der Waals surface area contributed by atoms with E-state index in [-0.39, 0.29) is 12.1 Å². The number of fused-ring (bicyclic) bond motifs is 1. The molecule has 3 unspecified atom stereocenters. The zero-order valence-electron chi connectivity index (χ0n) is 12.6. The standard InChI is InChI=1S/C14H27N3O3S/c15-10-12-4-3-7-16(11-12)21(18,19)17-8-9-20-14-6-2-1-5-13(14)17/h12-14H,1-11,15H2. The molecule has 122 valence electrons. The molecule has 21 heavy (non-hydrogen) atoms. The number of hydrogen-bond acceptors (Lipinski definition) is 4. The van der Waals surface area contributed by atoms with Gasteiger partial charge in [0.1, 0.15) is 0 Å². The molecular weight excluding hydrogens is 290 g/mol.